The van der Waals surface area contributed by atoms with Crippen LogP contribution < -0.4 is 0 Å². The Morgan fingerprint density at radius 2 is 2.00 bits per heavy atom. The van der Waals surface area contributed by atoms with Crippen LogP contribution in [0.5, 0.6) is 0 Å². The molecule has 0 heterocycles. The Morgan fingerprint density at radius 1 is 1.64 bits per heavy atom. The highest BCUT2D eigenvalue weighted by Crippen LogP contribution is 1.88. The minimum Gasteiger partial charge on any atom is -0.449 e. The van der Waals surface area contributed by atoms with E-state index in [1.807, 2.05) is 6.92 Å². The summed E-state index contributed by atoms with van der Waals surface area (Å²) in [7, 11) is 0. The maximum absolute atomic E-state index is 9.01. The summed E-state index contributed by atoms with van der Waals surface area (Å²) >= 11 is 4.24. The van der Waals surface area contributed by atoms with Crippen LogP contribution >= 0.6 is 11.9 Å². The van der Waals surface area contributed by atoms with Crippen molar-refractivity contribution in [1.82, 2.24) is 0 Å². The monoisotopic (exact) mass is 186 g/mol. The standard InChI is InChI=1S/C4H10O2.CHClO3/c1-2-3-4(5)6;2-5-1(3)4/h4-6H,2-3H2,1H3;(H,3,4). The number of rotatable bonds is 2. The summed E-state index contributed by atoms with van der Waals surface area (Å²) in [4.78, 5) is 9.01. The number of halogens is 1. The van der Waals surface area contributed by atoms with Crippen molar-refractivity contribution in [2.45, 2.75) is 26.1 Å². The summed E-state index contributed by atoms with van der Waals surface area (Å²) in [6, 6.07) is 0. The van der Waals surface area contributed by atoms with Crippen molar-refractivity contribution in [2.75, 3.05) is 0 Å². The summed E-state index contributed by atoms with van der Waals surface area (Å²) in [5, 5.41) is 23.6. The molecule has 6 heteroatoms. The van der Waals surface area contributed by atoms with E-state index in [4.69, 9.17) is 20.1 Å². The van der Waals surface area contributed by atoms with Gasteiger partial charge in [0.05, 0.1) is 0 Å². The molecule has 0 aliphatic rings. The van der Waals surface area contributed by atoms with Gasteiger partial charge in [-0.25, -0.2) is 4.79 Å². The second-order valence-electron chi connectivity index (χ2n) is 1.61. The molecule has 0 aromatic rings. The maximum atomic E-state index is 9.01. The van der Waals surface area contributed by atoms with Crippen LogP contribution in [0.25, 0.3) is 0 Å². The SMILES string of the molecule is CCCC(O)O.O=C(O)OCl. The minimum atomic E-state index is -1.48. The molecule has 0 aromatic heterocycles. The molecule has 0 saturated heterocycles. The first-order valence-corrected chi connectivity index (χ1v) is 3.23. The highest BCUT2D eigenvalue weighted by molar-refractivity contribution is 6.12. The first-order chi connectivity index (χ1) is 5.04. The van der Waals surface area contributed by atoms with Crippen LogP contribution in [-0.4, -0.2) is 27.8 Å². The number of hydrogen-bond acceptors (Lipinski definition) is 4. The van der Waals surface area contributed by atoms with Crippen molar-refractivity contribution in [3.63, 3.8) is 0 Å². The van der Waals surface area contributed by atoms with E-state index in [1.54, 1.807) is 0 Å². The zero-order valence-electron chi connectivity index (χ0n) is 6.03. The van der Waals surface area contributed by atoms with Crippen molar-refractivity contribution in [1.29, 1.82) is 0 Å². The molecule has 0 aliphatic heterocycles. The lowest BCUT2D eigenvalue weighted by Crippen LogP contribution is -2.01. The summed E-state index contributed by atoms with van der Waals surface area (Å²) in [5.74, 6) is 0. The second-order valence-corrected chi connectivity index (χ2v) is 1.77. The molecule has 0 fully saturated rings. The van der Waals surface area contributed by atoms with Crippen molar-refractivity contribution in [3.8, 4) is 0 Å². The molecular formula is C5H11ClO5. The summed E-state index contributed by atoms with van der Waals surface area (Å²) in [6.07, 6.45) is -1.26. The van der Waals surface area contributed by atoms with Crippen molar-refractivity contribution in [2.24, 2.45) is 0 Å². The molecule has 68 valence electrons. The molecule has 0 unspecified atom stereocenters. The summed E-state index contributed by atoms with van der Waals surface area (Å²) in [6.45, 7) is 1.90. The van der Waals surface area contributed by atoms with Gasteiger partial charge in [-0.05, 0) is 6.42 Å². The van der Waals surface area contributed by atoms with Crippen LogP contribution in [-0.2, 0) is 4.29 Å². The second kappa shape index (κ2) is 9.48. The number of aliphatic hydroxyl groups excluding tert-OH is 1. The Labute approximate surface area is 69.3 Å². The van der Waals surface area contributed by atoms with Gasteiger partial charge in [-0.2, -0.15) is 0 Å². The molecule has 3 N–H and O–H groups in total. The van der Waals surface area contributed by atoms with Crippen LogP contribution in [0, 0.1) is 0 Å². The van der Waals surface area contributed by atoms with Gasteiger partial charge in [-0.3, -0.25) is 0 Å². The van der Waals surface area contributed by atoms with E-state index < -0.39 is 12.4 Å². The highest BCUT2D eigenvalue weighted by Gasteiger charge is 1.89. The molecule has 0 spiro atoms. The number of hydrogen-bond donors (Lipinski definition) is 3. The molecule has 0 aliphatic carbocycles. The molecule has 0 rings (SSSR count). The van der Waals surface area contributed by atoms with Crippen molar-refractivity contribution in [3.05, 3.63) is 0 Å². The zero-order valence-corrected chi connectivity index (χ0v) is 6.78. The van der Waals surface area contributed by atoms with E-state index >= 15 is 0 Å². The van der Waals surface area contributed by atoms with Crippen LogP contribution in [0.3, 0.4) is 0 Å². The fourth-order valence-corrected chi connectivity index (χ4v) is 0.258. The lowest BCUT2D eigenvalue weighted by atomic mass is 10.3. The third kappa shape index (κ3) is 26.4. The number of aliphatic hydroxyl groups is 2. The van der Waals surface area contributed by atoms with E-state index in [-0.39, 0.29) is 0 Å². The molecule has 0 saturated carbocycles. The number of carboxylic acid groups (broad SMARTS) is 1. The molecule has 0 amide bonds. The number of carbonyl (C=O) groups is 1. The topological polar surface area (TPSA) is 87.0 Å². The van der Waals surface area contributed by atoms with Crippen LogP contribution in [0.15, 0.2) is 0 Å². The van der Waals surface area contributed by atoms with Gasteiger partial charge < -0.3 is 19.6 Å². The smallest absolute Gasteiger partial charge is 0.449 e. The summed E-state index contributed by atoms with van der Waals surface area (Å²) < 4.78 is 3.14. The van der Waals surface area contributed by atoms with Gasteiger partial charge in [0.25, 0.3) is 0 Å². The van der Waals surface area contributed by atoms with Crippen molar-refractivity contribution < 1.29 is 24.4 Å². The van der Waals surface area contributed by atoms with Gasteiger partial charge in [0.15, 0.2) is 6.29 Å². The summed E-state index contributed by atoms with van der Waals surface area (Å²) in [5.41, 5.74) is 0. The van der Waals surface area contributed by atoms with Gasteiger partial charge >= 0.3 is 6.16 Å². The average Bonchev–Trinajstić information content (AvgIpc) is 1.89. The van der Waals surface area contributed by atoms with Crippen LogP contribution in [0.4, 0.5) is 4.79 Å². The highest BCUT2D eigenvalue weighted by atomic mass is 35.5. The fraction of sp³-hybridized carbons (Fsp3) is 0.800. The molecular weight excluding hydrogens is 176 g/mol. The Kier molecular flexibility index (Phi) is 11.3. The van der Waals surface area contributed by atoms with E-state index in [0.29, 0.717) is 6.42 Å². The lowest BCUT2D eigenvalue weighted by Gasteiger charge is -1.94. The van der Waals surface area contributed by atoms with Crippen molar-refractivity contribution >= 4 is 18.0 Å². The minimum absolute atomic E-state index is 0.486. The quantitative estimate of drug-likeness (QED) is 0.559. The van der Waals surface area contributed by atoms with Crippen LogP contribution in [0.1, 0.15) is 19.8 Å². The predicted molar refractivity (Wildman–Crippen MR) is 38.1 cm³/mol. The lowest BCUT2D eigenvalue weighted by molar-refractivity contribution is -0.0453. The predicted octanol–water partition coefficient (Wildman–Crippen LogP) is 0.932. The molecule has 0 radical (unpaired) electrons. The van der Waals surface area contributed by atoms with Gasteiger partial charge in [0, 0.05) is 0 Å². The van der Waals surface area contributed by atoms with Gasteiger partial charge in [0.2, 0.25) is 0 Å². The molecule has 0 bridgehead atoms. The average molecular weight is 187 g/mol. The van der Waals surface area contributed by atoms with Gasteiger partial charge in [-0.15, -0.1) is 0 Å². The van der Waals surface area contributed by atoms with E-state index in [0.717, 1.165) is 6.42 Å². The molecule has 0 atom stereocenters. The zero-order chi connectivity index (χ0) is 9.28. The fourth-order valence-electron chi connectivity index (χ4n) is 0.258. The van der Waals surface area contributed by atoms with E-state index in [1.165, 1.54) is 0 Å². The Hall–Kier alpha value is -0.520. The van der Waals surface area contributed by atoms with Gasteiger partial charge in [0.1, 0.15) is 11.9 Å². The van der Waals surface area contributed by atoms with E-state index in [2.05, 4.69) is 16.2 Å². The Morgan fingerprint density at radius 3 is 2.00 bits per heavy atom. The van der Waals surface area contributed by atoms with Crippen LogP contribution in [0.2, 0.25) is 0 Å². The molecule has 11 heavy (non-hydrogen) atoms. The third-order valence-electron chi connectivity index (χ3n) is 0.613. The Bertz CT molecular complexity index is 94.9. The first kappa shape index (κ1) is 13.1. The Balaban J connectivity index is 0. The normalized spacial score (nSPS) is 8.45. The van der Waals surface area contributed by atoms with Gasteiger partial charge in [-0.1, -0.05) is 13.3 Å². The van der Waals surface area contributed by atoms with E-state index in [9.17, 15) is 0 Å². The maximum Gasteiger partial charge on any atom is 0.524 e. The first-order valence-electron chi connectivity index (χ1n) is 2.92. The molecule has 5 nitrogen and oxygen atoms in total. The molecule has 0 aromatic carbocycles. The largest absolute Gasteiger partial charge is 0.524 e. The third-order valence-corrected chi connectivity index (χ3v) is 0.745.